The summed E-state index contributed by atoms with van der Waals surface area (Å²) in [6.07, 6.45) is 1.42. The van der Waals surface area contributed by atoms with Crippen LogP contribution in [-0.4, -0.2) is 44.1 Å². The quantitative estimate of drug-likeness (QED) is 0.847. The molecule has 1 fully saturated rings. The van der Waals surface area contributed by atoms with E-state index < -0.39 is 0 Å². The zero-order chi connectivity index (χ0) is 14.4. The molecule has 1 aromatic rings. The summed E-state index contributed by atoms with van der Waals surface area (Å²) in [5.41, 5.74) is 1.07. The molecule has 110 valence electrons. The average Bonchev–Trinajstić information content (AvgIpc) is 2.48. The van der Waals surface area contributed by atoms with Gasteiger partial charge in [0.25, 0.3) is 0 Å². The van der Waals surface area contributed by atoms with Gasteiger partial charge in [0, 0.05) is 18.0 Å². The number of carbonyl (C=O) groups excluding carboxylic acids is 1. The Bertz CT molecular complexity index is 436. The van der Waals surface area contributed by atoms with E-state index in [0.29, 0.717) is 31.1 Å². The van der Waals surface area contributed by atoms with Gasteiger partial charge in [0.1, 0.15) is 6.10 Å². The molecule has 1 aliphatic rings. The monoisotopic (exact) mass is 296 g/mol. The highest BCUT2D eigenvalue weighted by molar-refractivity contribution is 6.30. The number of halogens is 1. The molecule has 1 amide bonds. The zero-order valence-electron chi connectivity index (χ0n) is 11.8. The molecule has 20 heavy (non-hydrogen) atoms. The van der Waals surface area contributed by atoms with Crippen molar-refractivity contribution in [3.05, 3.63) is 34.9 Å². The lowest BCUT2D eigenvalue weighted by Crippen LogP contribution is -2.42. The topological polar surface area (TPSA) is 41.6 Å². The van der Waals surface area contributed by atoms with Crippen molar-refractivity contribution in [2.45, 2.75) is 18.9 Å². The smallest absolute Gasteiger partial charge is 0.222 e. The molecule has 1 heterocycles. The van der Waals surface area contributed by atoms with Crippen molar-refractivity contribution < 1.29 is 9.53 Å². The van der Waals surface area contributed by atoms with E-state index in [1.165, 1.54) is 0 Å². The van der Waals surface area contributed by atoms with E-state index in [2.05, 4.69) is 5.32 Å². The Kier molecular flexibility index (Phi) is 5.83. The number of amides is 1. The lowest BCUT2D eigenvalue weighted by molar-refractivity contribution is -0.139. The van der Waals surface area contributed by atoms with Crippen molar-refractivity contribution in [3.63, 3.8) is 0 Å². The van der Waals surface area contributed by atoms with Crippen LogP contribution in [0.4, 0.5) is 0 Å². The van der Waals surface area contributed by atoms with Gasteiger partial charge in [0.05, 0.1) is 13.2 Å². The average molecular weight is 297 g/mol. The number of nitrogens with one attached hydrogen (secondary N) is 1. The van der Waals surface area contributed by atoms with Crippen LogP contribution in [0.3, 0.4) is 0 Å². The second-order valence-corrected chi connectivity index (χ2v) is 5.39. The molecule has 1 aromatic carbocycles. The van der Waals surface area contributed by atoms with E-state index in [1.807, 2.05) is 36.2 Å². The van der Waals surface area contributed by atoms with Crippen LogP contribution < -0.4 is 5.32 Å². The molecule has 1 atom stereocenters. The molecule has 1 aliphatic heterocycles. The zero-order valence-corrected chi connectivity index (χ0v) is 12.5. The van der Waals surface area contributed by atoms with Crippen molar-refractivity contribution in [2.24, 2.45) is 0 Å². The minimum atomic E-state index is -0.0470. The molecule has 1 N–H and O–H groups in total. The van der Waals surface area contributed by atoms with Gasteiger partial charge in [-0.05, 0) is 37.7 Å². The maximum absolute atomic E-state index is 12.1. The molecule has 2 rings (SSSR count). The lowest BCUT2D eigenvalue weighted by atomic mass is 10.1. The molecule has 5 heteroatoms. The Balaban J connectivity index is 1.91. The number of rotatable bonds is 5. The Morgan fingerprint density at radius 1 is 1.45 bits per heavy atom. The summed E-state index contributed by atoms with van der Waals surface area (Å²) < 4.78 is 5.76. The minimum Gasteiger partial charge on any atom is -0.370 e. The minimum absolute atomic E-state index is 0.0470. The molecular weight excluding hydrogens is 276 g/mol. The second kappa shape index (κ2) is 7.62. The predicted molar refractivity (Wildman–Crippen MR) is 79.9 cm³/mol. The fraction of sp³-hybridized carbons (Fsp3) is 0.533. The summed E-state index contributed by atoms with van der Waals surface area (Å²) in [7, 11) is 1.90. The molecule has 0 spiro atoms. The van der Waals surface area contributed by atoms with Gasteiger partial charge < -0.3 is 15.0 Å². The van der Waals surface area contributed by atoms with Crippen LogP contribution >= 0.6 is 11.6 Å². The maximum Gasteiger partial charge on any atom is 0.222 e. The first kappa shape index (κ1) is 15.3. The predicted octanol–water partition coefficient (Wildman–Crippen LogP) is 2.24. The highest BCUT2D eigenvalue weighted by Crippen LogP contribution is 2.24. The number of ether oxygens (including phenoxy) is 1. The number of morpholine rings is 1. The fourth-order valence-corrected chi connectivity index (χ4v) is 2.46. The normalized spacial score (nSPS) is 19.1. The highest BCUT2D eigenvalue weighted by atomic mass is 35.5. The molecule has 0 aromatic heterocycles. The summed E-state index contributed by atoms with van der Waals surface area (Å²) in [5, 5.41) is 3.77. The van der Waals surface area contributed by atoms with Gasteiger partial charge in [-0.25, -0.2) is 0 Å². The number of nitrogens with zero attached hydrogens (tertiary/aromatic N) is 1. The lowest BCUT2D eigenvalue weighted by Gasteiger charge is -2.33. The number of hydrogen-bond acceptors (Lipinski definition) is 3. The van der Waals surface area contributed by atoms with Crippen molar-refractivity contribution in [3.8, 4) is 0 Å². The van der Waals surface area contributed by atoms with Crippen LogP contribution in [0.5, 0.6) is 0 Å². The SMILES string of the molecule is CNCCCC(=O)N1CCOC(c2ccc(Cl)cc2)C1. The van der Waals surface area contributed by atoms with Crippen molar-refractivity contribution in [1.29, 1.82) is 0 Å². The third-order valence-electron chi connectivity index (χ3n) is 3.48. The van der Waals surface area contributed by atoms with Crippen molar-refractivity contribution in [2.75, 3.05) is 33.3 Å². The van der Waals surface area contributed by atoms with E-state index in [9.17, 15) is 4.79 Å². The third kappa shape index (κ3) is 4.20. The van der Waals surface area contributed by atoms with Gasteiger partial charge in [-0.2, -0.15) is 0 Å². The number of carbonyl (C=O) groups is 1. The largest absolute Gasteiger partial charge is 0.370 e. The Morgan fingerprint density at radius 2 is 2.20 bits per heavy atom. The van der Waals surface area contributed by atoms with Gasteiger partial charge in [-0.1, -0.05) is 23.7 Å². The van der Waals surface area contributed by atoms with Crippen LogP contribution in [0.25, 0.3) is 0 Å². The Hall–Kier alpha value is -1.10. The Morgan fingerprint density at radius 3 is 2.90 bits per heavy atom. The second-order valence-electron chi connectivity index (χ2n) is 4.96. The summed E-state index contributed by atoms with van der Waals surface area (Å²) >= 11 is 5.89. The van der Waals surface area contributed by atoms with Crippen LogP contribution in [0, 0.1) is 0 Å². The summed E-state index contributed by atoms with van der Waals surface area (Å²) in [4.78, 5) is 14.0. The molecule has 0 saturated carbocycles. The van der Waals surface area contributed by atoms with Crippen LogP contribution in [0.15, 0.2) is 24.3 Å². The van der Waals surface area contributed by atoms with Gasteiger partial charge in [-0.3, -0.25) is 4.79 Å². The summed E-state index contributed by atoms with van der Waals surface area (Å²) in [5.74, 6) is 0.211. The van der Waals surface area contributed by atoms with E-state index in [-0.39, 0.29) is 12.0 Å². The van der Waals surface area contributed by atoms with Crippen LogP contribution in [-0.2, 0) is 9.53 Å². The standard InChI is InChI=1S/C15H21ClN2O2/c1-17-8-2-3-15(19)18-9-10-20-14(11-18)12-4-6-13(16)7-5-12/h4-7,14,17H,2-3,8-11H2,1H3. The summed E-state index contributed by atoms with van der Waals surface area (Å²) in [6.45, 7) is 2.77. The van der Waals surface area contributed by atoms with Crippen LogP contribution in [0.1, 0.15) is 24.5 Å². The number of benzene rings is 1. The Labute approximate surface area is 125 Å². The molecule has 1 saturated heterocycles. The number of hydrogen-bond donors (Lipinski definition) is 1. The van der Waals surface area contributed by atoms with E-state index >= 15 is 0 Å². The third-order valence-corrected chi connectivity index (χ3v) is 3.73. The first-order valence-electron chi connectivity index (χ1n) is 7.00. The first-order chi connectivity index (χ1) is 9.70. The van der Waals surface area contributed by atoms with E-state index in [1.54, 1.807) is 0 Å². The molecule has 0 bridgehead atoms. The van der Waals surface area contributed by atoms with Gasteiger partial charge in [-0.15, -0.1) is 0 Å². The molecule has 0 aliphatic carbocycles. The maximum atomic E-state index is 12.1. The molecule has 0 radical (unpaired) electrons. The molecule has 4 nitrogen and oxygen atoms in total. The van der Waals surface area contributed by atoms with E-state index in [0.717, 1.165) is 18.5 Å². The van der Waals surface area contributed by atoms with Crippen LogP contribution in [0.2, 0.25) is 5.02 Å². The summed E-state index contributed by atoms with van der Waals surface area (Å²) in [6, 6.07) is 7.63. The van der Waals surface area contributed by atoms with Crippen molar-refractivity contribution >= 4 is 17.5 Å². The molecular formula is C15H21ClN2O2. The van der Waals surface area contributed by atoms with Gasteiger partial charge in [0.15, 0.2) is 0 Å². The first-order valence-corrected chi connectivity index (χ1v) is 7.38. The van der Waals surface area contributed by atoms with Gasteiger partial charge >= 0.3 is 0 Å². The van der Waals surface area contributed by atoms with Gasteiger partial charge in [0.2, 0.25) is 5.91 Å². The molecule has 1 unspecified atom stereocenters. The fourth-order valence-electron chi connectivity index (χ4n) is 2.33. The van der Waals surface area contributed by atoms with E-state index in [4.69, 9.17) is 16.3 Å². The highest BCUT2D eigenvalue weighted by Gasteiger charge is 2.24. The van der Waals surface area contributed by atoms with Crippen molar-refractivity contribution in [1.82, 2.24) is 10.2 Å².